The predicted molar refractivity (Wildman–Crippen MR) is 98.9 cm³/mol. The molecule has 0 spiro atoms. The van der Waals surface area contributed by atoms with Crippen molar-refractivity contribution in [2.24, 2.45) is 5.73 Å². The minimum Gasteiger partial charge on any atom is -0.496 e. The van der Waals surface area contributed by atoms with Crippen LogP contribution in [0, 0.1) is 11.2 Å². The van der Waals surface area contributed by atoms with Crippen molar-refractivity contribution in [3.05, 3.63) is 65.0 Å². The Morgan fingerprint density at radius 1 is 1.31 bits per heavy atom. The number of aromatic nitrogens is 3. The van der Waals surface area contributed by atoms with Gasteiger partial charge in [0.25, 0.3) is 0 Å². The van der Waals surface area contributed by atoms with Crippen LogP contribution in [0.4, 0.5) is 4.39 Å². The number of halogens is 1. The molecule has 0 radical (unpaired) electrons. The number of benzene rings is 1. The molecule has 3 aromatic rings. The maximum atomic E-state index is 14.1. The Balaban J connectivity index is 1.98. The van der Waals surface area contributed by atoms with E-state index in [9.17, 15) is 4.39 Å². The number of fused-ring (bicyclic) bond motifs is 1. The van der Waals surface area contributed by atoms with Gasteiger partial charge in [0.1, 0.15) is 17.9 Å². The van der Waals surface area contributed by atoms with Gasteiger partial charge in [0.15, 0.2) is 5.65 Å². The van der Waals surface area contributed by atoms with E-state index >= 15 is 0 Å². The second-order valence-electron chi connectivity index (χ2n) is 5.92. The molecule has 0 fully saturated rings. The summed E-state index contributed by atoms with van der Waals surface area (Å²) in [5, 5.41) is 15.7. The Morgan fingerprint density at radius 2 is 2.12 bits per heavy atom. The molecule has 1 aromatic carbocycles. The first kappa shape index (κ1) is 17.6. The summed E-state index contributed by atoms with van der Waals surface area (Å²) in [5.74, 6) is 0.253. The normalized spacial score (nSPS) is 12.1. The maximum absolute atomic E-state index is 14.1. The second kappa shape index (κ2) is 7.35. The highest BCUT2D eigenvalue weighted by Gasteiger charge is 2.14. The summed E-state index contributed by atoms with van der Waals surface area (Å²) in [6.45, 7) is 1.74. The topological polar surface area (TPSA) is 89.3 Å². The minimum absolute atomic E-state index is 0.284. The fraction of sp³-hybridized carbons (Fsp3) is 0.211. The molecule has 0 saturated carbocycles. The third-order valence-corrected chi connectivity index (χ3v) is 4.33. The van der Waals surface area contributed by atoms with Crippen molar-refractivity contribution < 1.29 is 9.13 Å². The number of hydrogen-bond donors (Lipinski definition) is 2. The van der Waals surface area contributed by atoms with E-state index in [1.807, 2.05) is 16.5 Å². The zero-order valence-corrected chi connectivity index (χ0v) is 14.7. The number of allylic oxidation sites excluding steroid dienone is 2. The van der Waals surface area contributed by atoms with Gasteiger partial charge in [0.2, 0.25) is 0 Å². The summed E-state index contributed by atoms with van der Waals surface area (Å²) in [6.07, 6.45) is 3.88. The van der Waals surface area contributed by atoms with Gasteiger partial charge < -0.3 is 15.9 Å². The molecular weight excluding hydrogens is 333 g/mol. The number of hydrogen-bond acceptors (Lipinski definition) is 5. The molecule has 26 heavy (non-hydrogen) atoms. The van der Waals surface area contributed by atoms with Gasteiger partial charge in [-0.2, -0.15) is 0 Å². The smallest absolute Gasteiger partial charge is 0.168 e. The Morgan fingerprint density at radius 3 is 2.81 bits per heavy atom. The van der Waals surface area contributed by atoms with Crippen molar-refractivity contribution in [1.82, 2.24) is 14.6 Å². The van der Waals surface area contributed by atoms with Crippen LogP contribution in [0.3, 0.4) is 0 Å². The number of ether oxygens (including phenoxy) is 1. The van der Waals surface area contributed by atoms with Crippen LogP contribution in [0.1, 0.15) is 23.7 Å². The van der Waals surface area contributed by atoms with Gasteiger partial charge in [-0.05, 0) is 44.0 Å². The third-order valence-electron chi connectivity index (χ3n) is 4.33. The molecule has 0 aliphatic heterocycles. The molecule has 3 N–H and O–H groups in total. The Kier molecular flexibility index (Phi) is 4.97. The van der Waals surface area contributed by atoms with Gasteiger partial charge in [0.05, 0.1) is 7.11 Å². The van der Waals surface area contributed by atoms with E-state index in [-0.39, 0.29) is 5.82 Å². The lowest BCUT2D eigenvalue weighted by Crippen LogP contribution is -2.05. The first-order valence-corrected chi connectivity index (χ1v) is 8.17. The molecule has 0 atom stereocenters. The summed E-state index contributed by atoms with van der Waals surface area (Å²) in [7, 11) is 1.53. The van der Waals surface area contributed by atoms with E-state index in [2.05, 4.69) is 10.2 Å². The average molecular weight is 353 g/mol. The SMILES string of the molecule is COc1cccc(F)c1CCc1ccc(C(C=N)=C(C)N)c2nncn12. The van der Waals surface area contributed by atoms with Crippen LogP contribution in [0.25, 0.3) is 11.2 Å². The second-order valence-corrected chi connectivity index (χ2v) is 5.92. The van der Waals surface area contributed by atoms with Crippen LogP contribution in [0.5, 0.6) is 5.75 Å². The molecule has 0 unspecified atom stereocenters. The zero-order valence-electron chi connectivity index (χ0n) is 14.7. The number of nitrogens with zero attached hydrogens (tertiary/aromatic N) is 3. The molecule has 6 nitrogen and oxygen atoms in total. The van der Waals surface area contributed by atoms with E-state index in [0.717, 1.165) is 11.3 Å². The van der Waals surface area contributed by atoms with Crippen molar-refractivity contribution in [1.29, 1.82) is 5.41 Å². The first-order valence-electron chi connectivity index (χ1n) is 8.17. The van der Waals surface area contributed by atoms with E-state index in [4.69, 9.17) is 15.9 Å². The summed E-state index contributed by atoms with van der Waals surface area (Å²) in [6, 6.07) is 8.60. The highest BCUT2D eigenvalue weighted by atomic mass is 19.1. The third kappa shape index (κ3) is 3.15. The highest BCUT2D eigenvalue weighted by Crippen LogP contribution is 2.25. The monoisotopic (exact) mass is 353 g/mol. The predicted octanol–water partition coefficient (Wildman–Crippen LogP) is 3.00. The van der Waals surface area contributed by atoms with Gasteiger partial charge in [-0.25, -0.2) is 4.39 Å². The number of rotatable bonds is 6. The standard InChI is InChI=1S/C19H20FN5O/c1-12(22)16(10-21)14-8-6-13(25-11-23-24-19(14)25)7-9-15-17(20)4-3-5-18(15)26-2/h3-6,8,10-11,21H,7,9,22H2,1-2H3. The van der Waals surface area contributed by atoms with Crippen LogP contribution < -0.4 is 10.5 Å². The fourth-order valence-corrected chi connectivity index (χ4v) is 3.01. The Bertz CT molecular complexity index is 989. The molecule has 2 aromatic heterocycles. The Labute approximate surface area is 150 Å². The van der Waals surface area contributed by atoms with E-state index in [1.165, 1.54) is 19.4 Å². The molecular formula is C19H20FN5O. The van der Waals surface area contributed by atoms with Crippen molar-refractivity contribution >= 4 is 17.4 Å². The summed E-state index contributed by atoms with van der Waals surface area (Å²) in [4.78, 5) is 0. The van der Waals surface area contributed by atoms with Gasteiger partial charge in [-0.3, -0.25) is 4.40 Å². The molecule has 0 aliphatic carbocycles. The molecule has 0 amide bonds. The van der Waals surface area contributed by atoms with Crippen LogP contribution in [-0.4, -0.2) is 27.9 Å². The van der Waals surface area contributed by atoms with E-state index in [0.29, 0.717) is 41.1 Å². The lowest BCUT2D eigenvalue weighted by molar-refractivity contribution is 0.404. The molecule has 7 heteroatoms. The van der Waals surface area contributed by atoms with Gasteiger partial charge in [0, 0.05) is 34.3 Å². The van der Waals surface area contributed by atoms with Crippen LogP contribution in [0.15, 0.2) is 42.4 Å². The summed E-state index contributed by atoms with van der Waals surface area (Å²) >= 11 is 0. The van der Waals surface area contributed by atoms with Gasteiger partial charge in [-0.1, -0.05) is 6.07 Å². The van der Waals surface area contributed by atoms with Crippen LogP contribution in [0.2, 0.25) is 0 Å². The Hall–Kier alpha value is -3.22. The number of methoxy groups -OCH3 is 1. The van der Waals surface area contributed by atoms with E-state index in [1.54, 1.807) is 25.4 Å². The highest BCUT2D eigenvalue weighted by molar-refractivity contribution is 6.11. The molecule has 0 bridgehead atoms. The average Bonchev–Trinajstić information content (AvgIpc) is 3.12. The number of nitrogens with one attached hydrogen (secondary N) is 1. The van der Waals surface area contributed by atoms with Crippen molar-refractivity contribution in [2.45, 2.75) is 19.8 Å². The molecule has 2 heterocycles. The zero-order chi connectivity index (χ0) is 18.7. The summed E-state index contributed by atoms with van der Waals surface area (Å²) < 4.78 is 21.2. The quantitative estimate of drug-likeness (QED) is 0.667. The first-order chi connectivity index (χ1) is 12.6. The van der Waals surface area contributed by atoms with Crippen LogP contribution in [-0.2, 0) is 12.8 Å². The fourth-order valence-electron chi connectivity index (χ4n) is 3.01. The minimum atomic E-state index is -0.284. The molecule has 0 saturated heterocycles. The molecule has 0 aliphatic rings. The van der Waals surface area contributed by atoms with Crippen molar-refractivity contribution in [3.63, 3.8) is 0 Å². The van der Waals surface area contributed by atoms with Crippen LogP contribution >= 0.6 is 0 Å². The number of nitrogens with two attached hydrogens (primary N) is 1. The molecule has 3 rings (SSSR count). The van der Waals surface area contributed by atoms with Gasteiger partial charge >= 0.3 is 0 Å². The summed E-state index contributed by atoms with van der Waals surface area (Å²) in [5.41, 5.74) is 9.84. The lowest BCUT2D eigenvalue weighted by Gasteiger charge is -2.12. The largest absolute Gasteiger partial charge is 0.496 e. The lowest BCUT2D eigenvalue weighted by atomic mass is 10.0. The van der Waals surface area contributed by atoms with E-state index < -0.39 is 0 Å². The molecule has 134 valence electrons. The number of pyridine rings is 1. The number of aryl methyl sites for hydroxylation is 1. The maximum Gasteiger partial charge on any atom is 0.168 e. The van der Waals surface area contributed by atoms with Crippen molar-refractivity contribution in [2.75, 3.05) is 7.11 Å². The van der Waals surface area contributed by atoms with Gasteiger partial charge in [-0.15, -0.1) is 10.2 Å². The van der Waals surface area contributed by atoms with Crippen molar-refractivity contribution in [3.8, 4) is 5.75 Å².